The minimum Gasteiger partial charge on any atom is -0.495 e. The molecule has 1 aromatic carbocycles. The van der Waals surface area contributed by atoms with Crippen LogP contribution < -0.4 is 4.74 Å². The highest BCUT2D eigenvalue weighted by Crippen LogP contribution is 2.42. The van der Waals surface area contributed by atoms with Gasteiger partial charge in [-0.2, -0.15) is 10.4 Å². The zero-order chi connectivity index (χ0) is 15.8. The molecule has 0 bridgehead atoms. The molecule has 112 valence electrons. The van der Waals surface area contributed by atoms with E-state index in [2.05, 4.69) is 25.0 Å². The number of hydrogen-bond donors (Lipinski definition) is 0. The molecule has 2 rings (SSSR count). The van der Waals surface area contributed by atoms with Gasteiger partial charge in [0.2, 0.25) is 0 Å². The molecule has 0 aromatic heterocycles. The van der Waals surface area contributed by atoms with Crippen molar-refractivity contribution in [2.24, 2.45) is 5.10 Å². The first kappa shape index (κ1) is 15.9. The summed E-state index contributed by atoms with van der Waals surface area (Å²) in [7, 11) is 1.51. The molecule has 1 heterocycles. The van der Waals surface area contributed by atoms with Crippen molar-refractivity contribution in [3.63, 3.8) is 0 Å². The molecule has 1 aliphatic rings. The fraction of sp³-hybridized carbons (Fsp3) is 0.467. The number of methoxy groups -OCH3 is 1. The van der Waals surface area contributed by atoms with Crippen LogP contribution in [-0.2, 0) is 0 Å². The van der Waals surface area contributed by atoms with Crippen molar-refractivity contribution in [2.75, 3.05) is 7.11 Å². The summed E-state index contributed by atoms with van der Waals surface area (Å²) in [5.74, 6) is 0.422. The van der Waals surface area contributed by atoms with E-state index in [1.165, 1.54) is 7.11 Å². The summed E-state index contributed by atoms with van der Waals surface area (Å²) in [6.45, 7) is 6.07. The van der Waals surface area contributed by atoms with Gasteiger partial charge in [0.25, 0.3) is 0 Å². The lowest BCUT2D eigenvalue weighted by Gasteiger charge is -2.34. The van der Waals surface area contributed by atoms with Gasteiger partial charge in [-0.05, 0) is 26.8 Å². The molecule has 1 aliphatic heterocycles. The van der Waals surface area contributed by atoms with E-state index in [0.29, 0.717) is 21.4 Å². The van der Waals surface area contributed by atoms with E-state index in [-0.39, 0.29) is 5.54 Å². The Labute approximate surface area is 134 Å². The smallest absolute Gasteiger partial charge is 0.162 e. The van der Waals surface area contributed by atoms with Gasteiger partial charge >= 0.3 is 0 Å². The quantitative estimate of drug-likeness (QED) is 0.826. The molecule has 0 unspecified atom stereocenters. The van der Waals surface area contributed by atoms with E-state index >= 15 is 0 Å². The van der Waals surface area contributed by atoms with Crippen molar-refractivity contribution in [3.05, 3.63) is 27.7 Å². The molecular formula is C15H17Cl2N3O. The van der Waals surface area contributed by atoms with Crippen LogP contribution in [0.3, 0.4) is 0 Å². The number of halogens is 2. The van der Waals surface area contributed by atoms with Crippen LogP contribution in [0.25, 0.3) is 0 Å². The Hall–Kier alpha value is -1.44. The fourth-order valence-electron chi connectivity index (χ4n) is 2.69. The Morgan fingerprint density at radius 1 is 1.43 bits per heavy atom. The number of hydrogen-bond acceptors (Lipinski definition) is 4. The van der Waals surface area contributed by atoms with Crippen molar-refractivity contribution in [2.45, 2.75) is 38.8 Å². The van der Waals surface area contributed by atoms with Crippen molar-refractivity contribution in [1.82, 2.24) is 5.01 Å². The van der Waals surface area contributed by atoms with E-state index in [0.717, 1.165) is 12.1 Å². The maximum absolute atomic E-state index is 9.65. The molecule has 21 heavy (non-hydrogen) atoms. The van der Waals surface area contributed by atoms with Gasteiger partial charge in [-0.1, -0.05) is 29.3 Å². The van der Waals surface area contributed by atoms with Crippen molar-refractivity contribution in [3.8, 4) is 11.8 Å². The Morgan fingerprint density at radius 2 is 2.10 bits per heavy atom. The van der Waals surface area contributed by atoms with E-state index in [4.69, 9.17) is 27.9 Å². The first-order valence-corrected chi connectivity index (χ1v) is 7.32. The first-order chi connectivity index (χ1) is 9.81. The summed E-state index contributed by atoms with van der Waals surface area (Å²) in [6.07, 6.45) is 0.814. The molecule has 0 spiro atoms. The number of rotatable bonds is 3. The maximum Gasteiger partial charge on any atom is 0.162 e. The second-order valence-corrected chi connectivity index (χ2v) is 6.47. The number of nitrogens with zero attached hydrogens (tertiary/aromatic N) is 3. The second kappa shape index (κ2) is 5.75. The van der Waals surface area contributed by atoms with Crippen LogP contribution in [0.4, 0.5) is 0 Å². The predicted molar refractivity (Wildman–Crippen MR) is 85.0 cm³/mol. The number of ether oxygens (including phenoxy) is 1. The average Bonchev–Trinajstić information content (AvgIpc) is 2.68. The molecule has 4 nitrogen and oxygen atoms in total. The SMILES string of the molecule is COc1c([C@@H](C#N)N2N=C(C)CC2(C)C)ccc(Cl)c1Cl. The minimum atomic E-state index is -0.581. The highest BCUT2D eigenvalue weighted by atomic mass is 35.5. The van der Waals surface area contributed by atoms with Crippen molar-refractivity contribution < 1.29 is 4.74 Å². The first-order valence-electron chi connectivity index (χ1n) is 6.56. The van der Waals surface area contributed by atoms with Crippen LogP contribution in [0.15, 0.2) is 17.2 Å². The van der Waals surface area contributed by atoms with Crippen molar-refractivity contribution >= 4 is 28.9 Å². The lowest BCUT2D eigenvalue weighted by Crippen LogP contribution is -2.38. The van der Waals surface area contributed by atoms with Crippen LogP contribution in [0.5, 0.6) is 5.75 Å². The zero-order valence-corrected chi connectivity index (χ0v) is 14.0. The summed E-state index contributed by atoms with van der Waals surface area (Å²) >= 11 is 12.2. The topological polar surface area (TPSA) is 48.6 Å². The van der Waals surface area contributed by atoms with Gasteiger partial charge in [0.1, 0.15) is 10.8 Å². The van der Waals surface area contributed by atoms with Gasteiger partial charge in [-0.3, -0.25) is 5.01 Å². The molecule has 6 heteroatoms. The van der Waals surface area contributed by atoms with E-state index in [9.17, 15) is 5.26 Å². The average molecular weight is 326 g/mol. The number of benzene rings is 1. The third-order valence-electron chi connectivity index (χ3n) is 3.53. The van der Waals surface area contributed by atoms with Gasteiger partial charge in [0.15, 0.2) is 6.04 Å². The molecule has 0 radical (unpaired) electrons. The highest BCUT2D eigenvalue weighted by Gasteiger charge is 2.39. The summed E-state index contributed by atoms with van der Waals surface area (Å²) in [5.41, 5.74) is 1.43. The summed E-state index contributed by atoms with van der Waals surface area (Å²) in [6, 6.07) is 5.15. The molecule has 0 saturated carbocycles. The second-order valence-electron chi connectivity index (χ2n) is 5.68. The van der Waals surface area contributed by atoms with E-state index in [1.54, 1.807) is 12.1 Å². The molecule has 0 N–H and O–H groups in total. The predicted octanol–water partition coefficient (Wildman–Crippen LogP) is 4.43. The molecule has 1 aromatic rings. The summed E-state index contributed by atoms with van der Waals surface area (Å²) in [4.78, 5) is 0. The zero-order valence-electron chi connectivity index (χ0n) is 12.4. The highest BCUT2D eigenvalue weighted by molar-refractivity contribution is 6.43. The molecule has 0 saturated heterocycles. The van der Waals surface area contributed by atoms with Crippen molar-refractivity contribution in [1.29, 1.82) is 5.26 Å². The molecular weight excluding hydrogens is 309 g/mol. The van der Waals surface area contributed by atoms with Crippen LogP contribution in [0.1, 0.15) is 38.8 Å². The van der Waals surface area contributed by atoms with Gasteiger partial charge < -0.3 is 4.74 Å². The van der Waals surface area contributed by atoms with Crippen LogP contribution >= 0.6 is 23.2 Å². The van der Waals surface area contributed by atoms with Crippen LogP contribution in [0, 0.1) is 11.3 Å². The molecule has 0 fully saturated rings. The van der Waals surface area contributed by atoms with Crippen LogP contribution in [-0.4, -0.2) is 23.4 Å². The standard InChI is InChI=1S/C15H17Cl2N3O/c1-9-7-15(2,3)20(19-9)12(8-18)10-5-6-11(16)13(17)14(10)21-4/h5-6,12H,7H2,1-4H3/t12-/m1/s1. The molecule has 0 amide bonds. The van der Waals surface area contributed by atoms with Gasteiger partial charge in [0, 0.05) is 17.7 Å². The normalized spacial score (nSPS) is 18.1. The lowest BCUT2D eigenvalue weighted by molar-refractivity contribution is 0.121. The fourth-order valence-corrected chi connectivity index (χ4v) is 3.09. The van der Waals surface area contributed by atoms with E-state index < -0.39 is 6.04 Å². The Kier molecular flexibility index (Phi) is 4.36. The van der Waals surface area contributed by atoms with Gasteiger partial charge in [0.05, 0.1) is 23.7 Å². The third-order valence-corrected chi connectivity index (χ3v) is 4.32. The third kappa shape index (κ3) is 2.81. The Bertz CT molecular complexity index is 635. The monoisotopic (exact) mass is 325 g/mol. The summed E-state index contributed by atoms with van der Waals surface area (Å²) in [5, 5.41) is 16.7. The number of hydrazone groups is 1. The molecule has 1 atom stereocenters. The van der Waals surface area contributed by atoms with Gasteiger partial charge in [-0.15, -0.1) is 0 Å². The maximum atomic E-state index is 9.65. The number of nitriles is 1. The molecule has 0 aliphatic carbocycles. The van der Waals surface area contributed by atoms with E-state index in [1.807, 2.05) is 11.9 Å². The van der Waals surface area contributed by atoms with Crippen LogP contribution in [0.2, 0.25) is 10.0 Å². The minimum absolute atomic E-state index is 0.235. The lowest BCUT2D eigenvalue weighted by atomic mass is 9.95. The Balaban J connectivity index is 2.54. The summed E-state index contributed by atoms with van der Waals surface area (Å²) < 4.78 is 5.35. The largest absolute Gasteiger partial charge is 0.495 e. The Morgan fingerprint density at radius 3 is 2.57 bits per heavy atom. The van der Waals surface area contributed by atoms with Gasteiger partial charge in [-0.25, -0.2) is 0 Å².